The molecular formula is C26H28F3N5O2. The number of hydrogen-bond acceptors (Lipinski definition) is 6. The zero-order chi connectivity index (χ0) is 25.7. The maximum Gasteiger partial charge on any atom is 0.419 e. The minimum absolute atomic E-state index is 0.187. The lowest BCUT2D eigenvalue weighted by Crippen LogP contribution is -2.29. The fourth-order valence-electron chi connectivity index (χ4n) is 4.19. The standard InChI is InChI=1S/C26H28F3N5O2/c1-30-25(35)18-8-4-5-9-20(18)32-22-15-24(31-16-19(22)26(27,28)29)33-21-11-10-17(14-23(21)36-2)34-12-6-3-7-13-34/h4-5,8-11,14-16H,3,6-7,12-13H2,1-2H3,(H,30,35)(H2,31,32,33). The monoisotopic (exact) mass is 499 g/mol. The number of rotatable bonds is 7. The van der Waals surface area contributed by atoms with Crippen LogP contribution in [-0.4, -0.2) is 38.1 Å². The first kappa shape index (κ1) is 25.2. The molecule has 10 heteroatoms. The number of aromatic nitrogens is 1. The number of pyridine rings is 1. The van der Waals surface area contributed by atoms with Gasteiger partial charge in [0.2, 0.25) is 0 Å². The number of piperidine rings is 1. The molecule has 7 nitrogen and oxygen atoms in total. The summed E-state index contributed by atoms with van der Waals surface area (Å²) in [5.74, 6) is 0.323. The van der Waals surface area contributed by atoms with E-state index < -0.39 is 17.6 Å². The van der Waals surface area contributed by atoms with Gasteiger partial charge >= 0.3 is 6.18 Å². The fourth-order valence-corrected chi connectivity index (χ4v) is 4.19. The van der Waals surface area contributed by atoms with E-state index in [1.54, 1.807) is 25.3 Å². The van der Waals surface area contributed by atoms with E-state index in [0.29, 0.717) is 11.4 Å². The maximum absolute atomic E-state index is 13.8. The van der Waals surface area contributed by atoms with Crippen LogP contribution >= 0.6 is 0 Å². The van der Waals surface area contributed by atoms with Crippen LogP contribution in [0.2, 0.25) is 0 Å². The number of nitrogens with one attached hydrogen (secondary N) is 3. The van der Waals surface area contributed by atoms with Crippen molar-refractivity contribution in [2.24, 2.45) is 0 Å². The van der Waals surface area contributed by atoms with Crippen molar-refractivity contribution in [3.63, 3.8) is 0 Å². The number of hydrogen-bond donors (Lipinski definition) is 3. The molecule has 1 aliphatic rings. The van der Waals surface area contributed by atoms with E-state index in [2.05, 4.69) is 25.8 Å². The minimum atomic E-state index is -4.65. The number of methoxy groups -OCH3 is 1. The zero-order valence-electron chi connectivity index (χ0n) is 20.1. The van der Waals surface area contributed by atoms with Crippen LogP contribution in [0.25, 0.3) is 0 Å². The summed E-state index contributed by atoms with van der Waals surface area (Å²) in [7, 11) is 3.00. The van der Waals surface area contributed by atoms with E-state index in [4.69, 9.17) is 4.74 Å². The Morgan fingerprint density at radius 1 is 0.972 bits per heavy atom. The molecule has 0 bridgehead atoms. The summed E-state index contributed by atoms with van der Waals surface area (Å²) < 4.78 is 46.9. The van der Waals surface area contributed by atoms with Crippen molar-refractivity contribution < 1.29 is 22.7 Å². The molecule has 4 rings (SSSR count). The van der Waals surface area contributed by atoms with Gasteiger partial charge in [-0.25, -0.2) is 4.98 Å². The molecule has 0 radical (unpaired) electrons. The van der Waals surface area contributed by atoms with Crippen LogP contribution in [0.1, 0.15) is 35.2 Å². The molecule has 0 atom stereocenters. The molecule has 1 amide bonds. The number of anilines is 5. The number of benzene rings is 2. The number of ether oxygens (including phenoxy) is 1. The molecule has 1 saturated heterocycles. The number of alkyl halides is 3. The van der Waals surface area contributed by atoms with E-state index in [1.165, 1.54) is 25.6 Å². The first-order valence-electron chi connectivity index (χ1n) is 11.7. The minimum Gasteiger partial charge on any atom is -0.494 e. The second kappa shape index (κ2) is 10.8. The van der Waals surface area contributed by atoms with Crippen LogP contribution in [0.4, 0.5) is 41.7 Å². The van der Waals surface area contributed by atoms with Gasteiger partial charge in [0.05, 0.1) is 35.3 Å². The van der Waals surface area contributed by atoms with Crippen LogP contribution < -0.4 is 25.6 Å². The number of nitrogens with zero attached hydrogens (tertiary/aromatic N) is 2. The molecular weight excluding hydrogens is 471 g/mol. The molecule has 0 unspecified atom stereocenters. The number of amides is 1. The molecule has 1 aromatic heterocycles. The Balaban J connectivity index is 1.66. The summed E-state index contributed by atoms with van der Waals surface area (Å²) in [6.45, 7) is 1.95. The van der Waals surface area contributed by atoms with Gasteiger partial charge in [0, 0.05) is 44.2 Å². The number of para-hydroxylation sites is 1. The van der Waals surface area contributed by atoms with Gasteiger partial charge in [-0.3, -0.25) is 4.79 Å². The van der Waals surface area contributed by atoms with Crippen molar-refractivity contribution in [1.29, 1.82) is 0 Å². The summed E-state index contributed by atoms with van der Waals surface area (Å²) >= 11 is 0. The number of carbonyl (C=O) groups excluding carboxylic acids is 1. The molecule has 2 heterocycles. The SMILES string of the molecule is CNC(=O)c1ccccc1Nc1cc(Nc2ccc(N3CCCCC3)cc2OC)ncc1C(F)(F)F. The van der Waals surface area contributed by atoms with Gasteiger partial charge in [0.1, 0.15) is 11.6 Å². The van der Waals surface area contributed by atoms with E-state index >= 15 is 0 Å². The first-order valence-corrected chi connectivity index (χ1v) is 11.7. The Hall–Kier alpha value is -3.95. The molecule has 0 aliphatic carbocycles. The highest BCUT2D eigenvalue weighted by molar-refractivity contribution is 6.00. The zero-order valence-corrected chi connectivity index (χ0v) is 20.1. The number of carbonyl (C=O) groups is 1. The third-order valence-corrected chi connectivity index (χ3v) is 6.05. The summed E-state index contributed by atoms with van der Waals surface area (Å²) in [4.78, 5) is 18.5. The van der Waals surface area contributed by atoms with Gasteiger partial charge in [-0.2, -0.15) is 13.2 Å². The van der Waals surface area contributed by atoms with E-state index in [-0.39, 0.29) is 22.8 Å². The van der Waals surface area contributed by atoms with Crippen LogP contribution in [0.15, 0.2) is 54.7 Å². The molecule has 190 valence electrons. The summed E-state index contributed by atoms with van der Waals surface area (Å²) in [5.41, 5.74) is 0.873. The lowest BCUT2D eigenvalue weighted by molar-refractivity contribution is -0.137. The van der Waals surface area contributed by atoms with Crippen LogP contribution in [0.5, 0.6) is 5.75 Å². The molecule has 3 N–H and O–H groups in total. The summed E-state index contributed by atoms with van der Waals surface area (Å²) in [6, 6.07) is 13.3. The first-order chi connectivity index (χ1) is 17.3. The second-order valence-electron chi connectivity index (χ2n) is 8.42. The van der Waals surface area contributed by atoms with E-state index in [0.717, 1.165) is 37.8 Å². The Kier molecular flexibility index (Phi) is 7.52. The third-order valence-electron chi connectivity index (χ3n) is 6.05. The summed E-state index contributed by atoms with van der Waals surface area (Å²) in [6.07, 6.45) is -0.393. The van der Waals surface area contributed by atoms with E-state index in [1.807, 2.05) is 18.2 Å². The molecule has 1 fully saturated rings. The molecule has 36 heavy (non-hydrogen) atoms. The Labute approximate surface area is 207 Å². The van der Waals surface area contributed by atoms with Crippen LogP contribution in [0, 0.1) is 0 Å². The quantitative estimate of drug-likeness (QED) is 0.373. The van der Waals surface area contributed by atoms with Gasteiger partial charge in [-0.05, 0) is 43.5 Å². The van der Waals surface area contributed by atoms with Gasteiger partial charge in [-0.1, -0.05) is 12.1 Å². The Morgan fingerprint density at radius 3 is 2.42 bits per heavy atom. The third kappa shape index (κ3) is 5.64. The van der Waals surface area contributed by atoms with Gasteiger partial charge < -0.3 is 25.6 Å². The predicted octanol–water partition coefficient (Wildman–Crippen LogP) is 5.95. The highest BCUT2D eigenvalue weighted by Crippen LogP contribution is 2.39. The lowest BCUT2D eigenvalue weighted by Gasteiger charge is -2.29. The Bertz CT molecular complexity index is 1230. The van der Waals surface area contributed by atoms with Crippen LogP contribution in [-0.2, 0) is 6.18 Å². The van der Waals surface area contributed by atoms with Gasteiger partial charge in [-0.15, -0.1) is 0 Å². The van der Waals surface area contributed by atoms with Crippen molar-refractivity contribution in [2.45, 2.75) is 25.4 Å². The highest BCUT2D eigenvalue weighted by atomic mass is 19.4. The highest BCUT2D eigenvalue weighted by Gasteiger charge is 2.34. The smallest absolute Gasteiger partial charge is 0.419 e. The maximum atomic E-state index is 13.8. The van der Waals surface area contributed by atoms with Crippen LogP contribution in [0.3, 0.4) is 0 Å². The fraction of sp³-hybridized carbons (Fsp3) is 0.308. The average molecular weight is 500 g/mol. The van der Waals surface area contributed by atoms with Crippen molar-refractivity contribution >= 4 is 34.5 Å². The Morgan fingerprint density at radius 2 is 1.72 bits per heavy atom. The molecule has 0 spiro atoms. The molecule has 0 saturated carbocycles. The lowest BCUT2D eigenvalue weighted by atomic mass is 10.1. The predicted molar refractivity (Wildman–Crippen MR) is 135 cm³/mol. The average Bonchev–Trinajstić information content (AvgIpc) is 2.88. The van der Waals surface area contributed by atoms with Gasteiger partial charge in [0.15, 0.2) is 0 Å². The van der Waals surface area contributed by atoms with Crippen molar-refractivity contribution in [1.82, 2.24) is 10.3 Å². The topological polar surface area (TPSA) is 78.5 Å². The van der Waals surface area contributed by atoms with Gasteiger partial charge in [0.25, 0.3) is 5.91 Å². The van der Waals surface area contributed by atoms with E-state index in [9.17, 15) is 18.0 Å². The van der Waals surface area contributed by atoms with Crippen molar-refractivity contribution in [3.05, 3.63) is 65.9 Å². The normalized spacial score (nSPS) is 13.8. The largest absolute Gasteiger partial charge is 0.494 e. The van der Waals surface area contributed by atoms with Crippen molar-refractivity contribution in [3.8, 4) is 5.75 Å². The van der Waals surface area contributed by atoms with Crippen molar-refractivity contribution in [2.75, 3.05) is 42.8 Å². The second-order valence-corrected chi connectivity index (χ2v) is 8.42. The summed E-state index contributed by atoms with van der Waals surface area (Å²) in [5, 5.41) is 8.33. The molecule has 3 aromatic rings. The number of halogens is 3. The molecule has 2 aromatic carbocycles. The molecule has 1 aliphatic heterocycles.